The molecule has 0 unspecified atom stereocenters. The first kappa shape index (κ1) is 20.9. The number of ketones is 1. The SMILES string of the molecule is C=C(C)[C@@H]1/C=C(/C(C)C)[C@H](OC(C)=O)C[C@@]2(C)O[C@@H]2CC[C@H](C)CC1=O. The van der Waals surface area contributed by atoms with Gasteiger partial charge in [-0.1, -0.05) is 39.0 Å². The van der Waals surface area contributed by atoms with E-state index in [0.29, 0.717) is 18.8 Å². The molecule has 4 heteroatoms. The van der Waals surface area contributed by atoms with Crippen molar-refractivity contribution in [2.24, 2.45) is 17.8 Å². The summed E-state index contributed by atoms with van der Waals surface area (Å²) in [7, 11) is 0. The molecule has 0 radical (unpaired) electrons. The third-order valence-corrected chi connectivity index (χ3v) is 5.68. The van der Waals surface area contributed by atoms with Gasteiger partial charge in [-0.05, 0) is 44.1 Å². The van der Waals surface area contributed by atoms with Crippen molar-refractivity contribution >= 4 is 11.8 Å². The Balaban J connectivity index is 2.45. The van der Waals surface area contributed by atoms with E-state index < -0.39 is 0 Å². The van der Waals surface area contributed by atoms with Crippen LogP contribution in [-0.2, 0) is 19.1 Å². The van der Waals surface area contributed by atoms with Crippen molar-refractivity contribution in [3.63, 3.8) is 0 Å². The van der Waals surface area contributed by atoms with Gasteiger partial charge in [-0.3, -0.25) is 9.59 Å². The second-order valence-electron chi connectivity index (χ2n) is 8.72. The average molecular weight is 363 g/mol. The fourth-order valence-corrected chi connectivity index (χ4v) is 4.01. The molecule has 1 fully saturated rings. The van der Waals surface area contributed by atoms with E-state index in [4.69, 9.17) is 9.47 Å². The number of esters is 1. The summed E-state index contributed by atoms with van der Waals surface area (Å²) < 4.78 is 11.7. The van der Waals surface area contributed by atoms with Gasteiger partial charge in [0.1, 0.15) is 11.9 Å². The van der Waals surface area contributed by atoms with Crippen LogP contribution in [0.5, 0.6) is 0 Å². The normalized spacial score (nSPS) is 37.7. The van der Waals surface area contributed by atoms with Gasteiger partial charge in [0.15, 0.2) is 0 Å². The predicted octanol–water partition coefficient (Wildman–Crippen LogP) is 4.63. The van der Waals surface area contributed by atoms with Crippen LogP contribution in [0, 0.1) is 17.8 Å². The maximum Gasteiger partial charge on any atom is 0.303 e. The number of carbonyl (C=O) groups excluding carboxylic acids is 2. The Bertz CT molecular complexity index is 603. The summed E-state index contributed by atoms with van der Waals surface area (Å²) in [4.78, 5) is 24.6. The van der Waals surface area contributed by atoms with Gasteiger partial charge in [0, 0.05) is 19.8 Å². The van der Waals surface area contributed by atoms with Crippen LogP contribution in [0.3, 0.4) is 0 Å². The zero-order chi connectivity index (χ0) is 19.6. The highest BCUT2D eigenvalue weighted by Gasteiger charge is 2.53. The lowest BCUT2D eigenvalue weighted by molar-refractivity contribution is -0.145. The zero-order valence-corrected chi connectivity index (χ0v) is 17.1. The van der Waals surface area contributed by atoms with Gasteiger partial charge in [0.2, 0.25) is 0 Å². The van der Waals surface area contributed by atoms with Gasteiger partial charge in [-0.25, -0.2) is 0 Å². The molecule has 0 bridgehead atoms. The summed E-state index contributed by atoms with van der Waals surface area (Å²) in [5.41, 5.74) is 1.58. The molecule has 0 aromatic carbocycles. The van der Waals surface area contributed by atoms with E-state index in [2.05, 4.69) is 34.3 Å². The monoisotopic (exact) mass is 362 g/mol. The van der Waals surface area contributed by atoms with E-state index in [1.807, 2.05) is 13.0 Å². The maximum atomic E-state index is 12.9. The van der Waals surface area contributed by atoms with E-state index >= 15 is 0 Å². The Morgan fingerprint density at radius 2 is 2.00 bits per heavy atom. The van der Waals surface area contributed by atoms with Gasteiger partial charge in [0.25, 0.3) is 0 Å². The highest BCUT2D eigenvalue weighted by atomic mass is 16.6. The number of epoxide rings is 1. The smallest absolute Gasteiger partial charge is 0.303 e. The Labute approximate surface area is 158 Å². The third-order valence-electron chi connectivity index (χ3n) is 5.68. The number of carbonyl (C=O) groups is 2. The second kappa shape index (κ2) is 8.08. The quantitative estimate of drug-likeness (QED) is 0.417. The molecule has 2 aliphatic rings. The first-order valence-electron chi connectivity index (χ1n) is 9.78. The molecule has 146 valence electrons. The molecule has 26 heavy (non-hydrogen) atoms. The number of hydrogen-bond acceptors (Lipinski definition) is 4. The van der Waals surface area contributed by atoms with Gasteiger partial charge in [-0.15, -0.1) is 0 Å². The molecular formula is C22H34O4. The molecule has 5 atom stereocenters. The number of ether oxygens (including phenoxy) is 2. The van der Waals surface area contributed by atoms with E-state index in [1.165, 1.54) is 6.92 Å². The molecule has 1 aliphatic carbocycles. The lowest BCUT2D eigenvalue weighted by atomic mass is 9.81. The summed E-state index contributed by atoms with van der Waals surface area (Å²) in [6.45, 7) is 15.8. The number of allylic oxidation sites excluding steroid dienone is 2. The molecule has 0 amide bonds. The zero-order valence-electron chi connectivity index (χ0n) is 17.1. The maximum absolute atomic E-state index is 12.9. The summed E-state index contributed by atoms with van der Waals surface area (Å²) >= 11 is 0. The van der Waals surface area contributed by atoms with Crippen molar-refractivity contribution in [3.8, 4) is 0 Å². The number of hydrogen-bond donors (Lipinski definition) is 0. The van der Waals surface area contributed by atoms with Crippen LogP contribution in [0.2, 0.25) is 0 Å². The molecular weight excluding hydrogens is 328 g/mol. The highest BCUT2D eigenvalue weighted by molar-refractivity contribution is 5.85. The summed E-state index contributed by atoms with van der Waals surface area (Å²) in [5.74, 6) is 0.0645. The van der Waals surface area contributed by atoms with Crippen LogP contribution in [-0.4, -0.2) is 29.6 Å². The van der Waals surface area contributed by atoms with Gasteiger partial charge >= 0.3 is 5.97 Å². The van der Waals surface area contributed by atoms with E-state index in [-0.39, 0.29) is 41.4 Å². The summed E-state index contributed by atoms with van der Waals surface area (Å²) in [6.07, 6.45) is 4.90. The molecule has 0 aromatic rings. The minimum atomic E-state index is -0.367. The number of rotatable bonds is 3. The van der Waals surface area contributed by atoms with Crippen molar-refractivity contribution in [1.29, 1.82) is 0 Å². The molecule has 2 rings (SSSR count). The first-order valence-corrected chi connectivity index (χ1v) is 9.78. The van der Waals surface area contributed by atoms with E-state index in [1.54, 1.807) is 0 Å². The first-order chi connectivity index (χ1) is 12.0. The highest BCUT2D eigenvalue weighted by Crippen LogP contribution is 2.46. The molecule has 0 spiro atoms. The standard InChI is InChI=1S/C22H34O4/c1-13(2)17-11-18(14(3)4)20(25-16(6)23)12-22(7)21(26-22)9-8-15(5)10-19(17)24/h11,14-15,17,20-21H,1,8-10,12H2,2-7H3/b18-11-/t15-,17-,20+,21+,22+/m0/s1. The minimum Gasteiger partial charge on any atom is -0.458 e. The molecule has 4 nitrogen and oxygen atoms in total. The van der Waals surface area contributed by atoms with Gasteiger partial charge < -0.3 is 9.47 Å². The van der Waals surface area contributed by atoms with Gasteiger partial charge in [-0.2, -0.15) is 0 Å². The van der Waals surface area contributed by atoms with E-state index in [0.717, 1.165) is 24.0 Å². The fraction of sp³-hybridized carbons (Fsp3) is 0.727. The third kappa shape index (κ3) is 5.06. The van der Waals surface area contributed by atoms with Crippen LogP contribution < -0.4 is 0 Å². The predicted molar refractivity (Wildman–Crippen MR) is 103 cm³/mol. The molecule has 0 aromatic heterocycles. The Morgan fingerprint density at radius 1 is 1.35 bits per heavy atom. The minimum absolute atomic E-state index is 0.162. The van der Waals surface area contributed by atoms with Crippen LogP contribution in [0.1, 0.15) is 67.2 Å². The van der Waals surface area contributed by atoms with Gasteiger partial charge in [0.05, 0.1) is 17.6 Å². The Kier molecular flexibility index (Phi) is 6.49. The van der Waals surface area contributed by atoms with Crippen molar-refractivity contribution in [3.05, 3.63) is 23.8 Å². The van der Waals surface area contributed by atoms with Crippen molar-refractivity contribution in [2.75, 3.05) is 0 Å². The molecule has 0 saturated carbocycles. The van der Waals surface area contributed by atoms with Crippen LogP contribution in [0.25, 0.3) is 0 Å². The van der Waals surface area contributed by atoms with Crippen LogP contribution in [0.4, 0.5) is 0 Å². The summed E-state index contributed by atoms with van der Waals surface area (Å²) in [6, 6.07) is 0. The topological polar surface area (TPSA) is 55.9 Å². The molecule has 1 aliphatic heterocycles. The fourth-order valence-electron chi connectivity index (χ4n) is 4.01. The lowest BCUT2D eigenvalue weighted by Crippen LogP contribution is -2.30. The Morgan fingerprint density at radius 3 is 2.54 bits per heavy atom. The van der Waals surface area contributed by atoms with E-state index in [9.17, 15) is 9.59 Å². The Hall–Kier alpha value is -1.42. The van der Waals surface area contributed by atoms with Crippen LogP contribution >= 0.6 is 0 Å². The largest absolute Gasteiger partial charge is 0.458 e. The molecule has 1 heterocycles. The average Bonchev–Trinajstić information content (AvgIpc) is 3.12. The molecule has 1 saturated heterocycles. The van der Waals surface area contributed by atoms with Crippen molar-refractivity contribution in [1.82, 2.24) is 0 Å². The lowest BCUT2D eigenvalue weighted by Gasteiger charge is -2.27. The van der Waals surface area contributed by atoms with Crippen LogP contribution in [0.15, 0.2) is 23.8 Å². The van der Waals surface area contributed by atoms with Crippen molar-refractivity contribution < 1.29 is 19.1 Å². The summed E-state index contributed by atoms with van der Waals surface area (Å²) in [5, 5.41) is 0. The number of Topliss-reactive ketones (excluding diaryl/α,β-unsaturated/α-hetero) is 1. The van der Waals surface area contributed by atoms with Crippen molar-refractivity contribution in [2.45, 2.75) is 85.0 Å². The second-order valence-corrected chi connectivity index (χ2v) is 8.72. The molecule has 0 N–H and O–H groups in total. The number of fused-ring (bicyclic) bond motifs is 1.